The molecule has 0 saturated heterocycles. The first-order valence-electron chi connectivity index (χ1n) is 6.50. The molecular weight excluding hydrogens is 271 g/mol. The molecule has 0 bridgehead atoms. The van der Waals surface area contributed by atoms with E-state index in [2.05, 4.69) is 5.32 Å². The van der Waals surface area contributed by atoms with Crippen molar-refractivity contribution >= 4 is 17.3 Å². The van der Waals surface area contributed by atoms with Crippen LogP contribution in [0.5, 0.6) is 5.75 Å². The highest BCUT2D eigenvalue weighted by molar-refractivity contribution is 5.92. The maximum absolute atomic E-state index is 13.5. The van der Waals surface area contributed by atoms with Crippen molar-refractivity contribution in [2.75, 3.05) is 17.7 Å². The number of anilines is 2. The number of benzene rings is 2. The smallest absolute Gasteiger partial charge is 0.262 e. The van der Waals surface area contributed by atoms with Gasteiger partial charge in [-0.25, -0.2) is 4.39 Å². The third-order valence-corrected chi connectivity index (χ3v) is 2.95. The van der Waals surface area contributed by atoms with E-state index in [4.69, 9.17) is 10.5 Å². The molecule has 0 aliphatic heterocycles. The Hall–Kier alpha value is -2.56. The monoisotopic (exact) mass is 288 g/mol. The number of carbonyl (C=O) groups excluding carboxylic acids is 1. The van der Waals surface area contributed by atoms with Crippen LogP contribution in [0.1, 0.15) is 11.1 Å². The molecule has 2 rings (SSSR count). The third kappa shape index (κ3) is 3.95. The van der Waals surface area contributed by atoms with E-state index in [1.165, 1.54) is 18.2 Å². The molecule has 2 aromatic rings. The summed E-state index contributed by atoms with van der Waals surface area (Å²) in [7, 11) is 0. The van der Waals surface area contributed by atoms with E-state index in [1.807, 2.05) is 26.0 Å². The largest absolute Gasteiger partial charge is 0.483 e. The van der Waals surface area contributed by atoms with Crippen molar-refractivity contribution in [1.82, 2.24) is 0 Å². The lowest BCUT2D eigenvalue weighted by Gasteiger charge is -2.11. The number of carbonyl (C=O) groups is 1. The number of nitrogens with one attached hydrogen (secondary N) is 1. The van der Waals surface area contributed by atoms with E-state index in [-0.39, 0.29) is 12.3 Å². The van der Waals surface area contributed by atoms with Crippen molar-refractivity contribution in [3.8, 4) is 5.75 Å². The van der Waals surface area contributed by atoms with Crippen molar-refractivity contribution in [2.24, 2.45) is 0 Å². The van der Waals surface area contributed by atoms with Gasteiger partial charge in [0.05, 0.1) is 5.69 Å². The number of amides is 1. The van der Waals surface area contributed by atoms with Gasteiger partial charge in [-0.05, 0) is 43.7 Å². The quantitative estimate of drug-likeness (QED) is 0.850. The molecule has 0 heterocycles. The van der Waals surface area contributed by atoms with Crippen LogP contribution in [0.4, 0.5) is 15.8 Å². The first-order chi connectivity index (χ1) is 9.95. The fourth-order valence-corrected chi connectivity index (χ4v) is 1.93. The van der Waals surface area contributed by atoms with Crippen LogP contribution in [-0.2, 0) is 4.79 Å². The summed E-state index contributed by atoms with van der Waals surface area (Å²) in [5.41, 5.74) is 8.03. The molecule has 21 heavy (non-hydrogen) atoms. The van der Waals surface area contributed by atoms with E-state index in [0.29, 0.717) is 11.4 Å². The van der Waals surface area contributed by atoms with E-state index < -0.39 is 11.7 Å². The van der Waals surface area contributed by atoms with Crippen molar-refractivity contribution in [3.63, 3.8) is 0 Å². The summed E-state index contributed by atoms with van der Waals surface area (Å²) >= 11 is 0. The van der Waals surface area contributed by atoms with Crippen LogP contribution in [0.15, 0.2) is 36.4 Å². The van der Waals surface area contributed by atoms with Crippen molar-refractivity contribution in [3.05, 3.63) is 53.3 Å². The SMILES string of the molecule is Cc1ccc(OCC(=O)Nc2cc(N)ccc2F)c(C)c1. The highest BCUT2D eigenvalue weighted by atomic mass is 19.1. The van der Waals surface area contributed by atoms with Gasteiger partial charge in [0.2, 0.25) is 0 Å². The van der Waals surface area contributed by atoms with Crippen LogP contribution in [0.3, 0.4) is 0 Å². The maximum atomic E-state index is 13.5. The van der Waals surface area contributed by atoms with Gasteiger partial charge in [0, 0.05) is 5.69 Å². The molecule has 0 aliphatic carbocycles. The Bertz CT molecular complexity index is 671. The lowest BCUT2D eigenvalue weighted by Crippen LogP contribution is -2.21. The minimum Gasteiger partial charge on any atom is -0.483 e. The van der Waals surface area contributed by atoms with Gasteiger partial charge < -0.3 is 15.8 Å². The number of nitrogen functional groups attached to an aromatic ring is 1. The normalized spacial score (nSPS) is 10.2. The van der Waals surface area contributed by atoms with E-state index >= 15 is 0 Å². The van der Waals surface area contributed by atoms with Gasteiger partial charge in [-0.3, -0.25) is 4.79 Å². The second-order valence-electron chi connectivity index (χ2n) is 4.85. The number of halogens is 1. The number of hydrogen-bond acceptors (Lipinski definition) is 3. The second-order valence-corrected chi connectivity index (χ2v) is 4.85. The van der Waals surface area contributed by atoms with Crippen LogP contribution in [0.2, 0.25) is 0 Å². The summed E-state index contributed by atoms with van der Waals surface area (Å²) in [5.74, 6) is -0.354. The Balaban J connectivity index is 1.97. The molecule has 0 atom stereocenters. The summed E-state index contributed by atoms with van der Waals surface area (Å²) in [4.78, 5) is 11.8. The molecule has 2 aromatic carbocycles. The van der Waals surface area contributed by atoms with Gasteiger partial charge in [-0.1, -0.05) is 17.7 Å². The van der Waals surface area contributed by atoms with Crippen molar-refractivity contribution in [2.45, 2.75) is 13.8 Å². The number of rotatable bonds is 4. The fourth-order valence-electron chi connectivity index (χ4n) is 1.93. The summed E-state index contributed by atoms with van der Waals surface area (Å²) in [5, 5.41) is 2.43. The molecule has 0 unspecified atom stereocenters. The molecule has 0 fully saturated rings. The molecular formula is C16H17FN2O2. The lowest BCUT2D eigenvalue weighted by atomic mass is 10.1. The van der Waals surface area contributed by atoms with Crippen molar-refractivity contribution in [1.29, 1.82) is 0 Å². The zero-order chi connectivity index (χ0) is 15.4. The van der Waals surface area contributed by atoms with Gasteiger partial charge in [-0.15, -0.1) is 0 Å². The zero-order valence-electron chi connectivity index (χ0n) is 11.9. The molecule has 0 radical (unpaired) electrons. The molecule has 110 valence electrons. The Morgan fingerprint density at radius 2 is 2.00 bits per heavy atom. The summed E-state index contributed by atoms with van der Waals surface area (Å²) in [6.07, 6.45) is 0. The predicted octanol–water partition coefficient (Wildman–Crippen LogP) is 3.04. The third-order valence-electron chi connectivity index (χ3n) is 2.95. The first kappa shape index (κ1) is 14.8. The minimum atomic E-state index is -0.538. The number of hydrogen-bond donors (Lipinski definition) is 2. The molecule has 0 saturated carbocycles. The van der Waals surface area contributed by atoms with E-state index in [9.17, 15) is 9.18 Å². The Morgan fingerprint density at radius 3 is 2.71 bits per heavy atom. The maximum Gasteiger partial charge on any atom is 0.262 e. The first-order valence-corrected chi connectivity index (χ1v) is 6.50. The van der Waals surface area contributed by atoms with E-state index in [0.717, 1.165) is 11.1 Å². The molecule has 4 nitrogen and oxygen atoms in total. The number of ether oxygens (including phenoxy) is 1. The fraction of sp³-hybridized carbons (Fsp3) is 0.188. The topological polar surface area (TPSA) is 64.3 Å². The Morgan fingerprint density at radius 1 is 1.24 bits per heavy atom. The Labute approximate surface area is 122 Å². The average molecular weight is 288 g/mol. The van der Waals surface area contributed by atoms with Gasteiger partial charge in [-0.2, -0.15) is 0 Å². The van der Waals surface area contributed by atoms with Crippen LogP contribution in [-0.4, -0.2) is 12.5 Å². The zero-order valence-corrected chi connectivity index (χ0v) is 11.9. The highest BCUT2D eigenvalue weighted by Crippen LogP contribution is 2.19. The van der Waals surface area contributed by atoms with Crippen LogP contribution in [0.25, 0.3) is 0 Å². The standard InChI is InChI=1S/C16H17FN2O2/c1-10-3-6-15(11(2)7-10)21-9-16(20)19-14-8-12(18)4-5-13(14)17/h3-8H,9,18H2,1-2H3,(H,19,20). The molecule has 0 aromatic heterocycles. The van der Waals surface area contributed by atoms with Gasteiger partial charge in [0.25, 0.3) is 5.91 Å². The number of nitrogens with two attached hydrogens (primary N) is 1. The predicted molar refractivity (Wildman–Crippen MR) is 80.9 cm³/mol. The summed E-state index contributed by atoms with van der Waals surface area (Å²) < 4.78 is 18.9. The van der Waals surface area contributed by atoms with Crippen molar-refractivity contribution < 1.29 is 13.9 Å². The molecule has 1 amide bonds. The summed E-state index contributed by atoms with van der Waals surface area (Å²) in [6, 6.07) is 9.67. The van der Waals surface area contributed by atoms with Gasteiger partial charge in [0.1, 0.15) is 11.6 Å². The van der Waals surface area contributed by atoms with E-state index in [1.54, 1.807) is 6.07 Å². The summed E-state index contributed by atoms with van der Waals surface area (Å²) in [6.45, 7) is 3.68. The van der Waals surface area contributed by atoms with Crippen LogP contribution in [0, 0.1) is 19.7 Å². The molecule has 0 aliphatic rings. The van der Waals surface area contributed by atoms with Crippen LogP contribution < -0.4 is 15.8 Å². The average Bonchev–Trinajstić information content (AvgIpc) is 2.42. The number of aryl methyl sites for hydroxylation is 2. The van der Waals surface area contributed by atoms with Gasteiger partial charge >= 0.3 is 0 Å². The Kier molecular flexibility index (Phi) is 4.42. The molecule has 5 heteroatoms. The lowest BCUT2D eigenvalue weighted by molar-refractivity contribution is -0.118. The van der Waals surface area contributed by atoms with Crippen LogP contribution >= 0.6 is 0 Å². The minimum absolute atomic E-state index is 0.0456. The second kappa shape index (κ2) is 6.26. The van der Waals surface area contributed by atoms with Gasteiger partial charge in [0.15, 0.2) is 6.61 Å². The molecule has 0 spiro atoms. The highest BCUT2D eigenvalue weighted by Gasteiger charge is 2.09. The molecule has 3 N–H and O–H groups in total.